The highest BCUT2D eigenvalue weighted by atomic mass is 79.9. The lowest BCUT2D eigenvalue weighted by molar-refractivity contribution is 0.379. The molecule has 0 aliphatic rings. The zero-order chi connectivity index (χ0) is 13.2. The van der Waals surface area contributed by atoms with Crippen LogP contribution < -0.4 is 5.32 Å². The SMILES string of the molecule is CC(C)(C)CNCc1ccc(Br)c2ccccc12. The Morgan fingerprint density at radius 2 is 1.67 bits per heavy atom. The first kappa shape index (κ1) is 13.6. The molecule has 96 valence electrons. The Hall–Kier alpha value is -0.860. The van der Waals surface area contributed by atoms with Crippen molar-refractivity contribution in [1.82, 2.24) is 5.32 Å². The summed E-state index contributed by atoms with van der Waals surface area (Å²) < 4.78 is 1.16. The van der Waals surface area contributed by atoms with Crippen molar-refractivity contribution in [3.05, 3.63) is 46.4 Å². The molecule has 0 saturated heterocycles. The van der Waals surface area contributed by atoms with Gasteiger partial charge < -0.3 is 5.32 Å². The minimum atomic E-state index is 0.325. The predicted octanol–water partition coefficient (Wildman–Crippen LogP) is 4.74. The summed E-state index contributed by atoms with van der Waals surface area (Å²) in [4.78, 5) is 0. The molecule has 0 saturated carbocycles. The zero-order valence-electron chi connectivity index (χ0n) is 11.3. The van der Waals surface area contributed by atoms with E-state index in [0.29, 0.717) is 5.41 Å². The maximum Gasteiger partial charge on any atom is 0.0253 e. The van der Waals surface area contributed by atoms with Gasteiger partial charge in [-0.3, -0.25) is 0 Å². The van der Waals surface area contributed by atoms with Gasteiger partial charge in [0, 0.05) is 17.6 Å². The number of halogens is 1. The van der Waals surface area contributed by atoms with Crippen LogP contribution in [0.25, 0.3) is 10.8 Å². The van der Waals surface area contributed by atoms with E-state index in [2.05, 4.69) is 78.4 Å². The molecule has 2 aromatic rings. The van der Waals surface area contributed by atoms with Crippen molar-refractivity contribution in [3.63, 3.8) is 0 Å². The zero-order valence-corrected chi connectivity index (χ0v) is 12.8. The Labute approximate surface area is 118 Å². The number of hydrogen-bond donors (Lipinski definition) is 1. The number of fused-ring (bicyclic) bond motifs is 1. The molecule has 0 aliphatic heterocycles. The molecule has 0 bridgehead atoms. The van der Waals surface area contributed by atoms with Gasteiger partial charge in [0.2, 0.25) is 0 Å². The van der Waals surface area contributed by atoms with Crippen LogP contribution in [0.2, 0.25) is 0 Å². The van der Waals surface area contributed by atoms with Gasteiger partial charge in [-0.1, -0.05) is 67.0 Å². The third-order valence-electron chi connectivity index (χ3n) is 2.93. The fraction of sp³-hybridized carbons (Fsp3) is 0.375. The van der Waals surface area contributed by atoms with Crippen molar-refractivity contribution in [1.29, 1.82) is 0 Å². The van der Waals surface area contributed by atoms with E-state index >= 15 is 0 Å². The second-order valence-corrected chi connectivity index (χ2v) is 6.77. The van der Waals surface area contributed by atoms with Gasteiger partial charge in [-0.05, 0) is 27.8 Å². The Bertz CT molecular complexity index is 540. The molecule has 0 fully saturated rings. The molecule has 2 heteroatoms. The summed E-state index contributed by atoms with van der Waals surface area (Å²) in [5.74, 6) is 0. The number of rotatable bonds is 3. The van der Waals surface area contributed by atoms with Crippen molar-refractivity contribution < 1.29 is 0 Å². The first-order valence-corrected chi connectivity index (χ1v) is 7.13. The van der Waals surface area contributed by atoms with E-state index in [9.17, 15) is 0 Å². The molecule has 0 aliphatic carbocycles. The molecule has 18 heavy (non-hydrogen) atoms. The minimum Gasteiger partial charge on any atom is -0.312 e. The van der Waals surface area contributed by atoms with Crippen molar-refractivity contribution >= 4 is 26.7 Å². The smallest absolute Gasteiger partial charge is 0.0253 e. The summed E-state index contributed by atoms with van der Waals surface area (Å²) in [6.45, 7) is 8.70. The fourth-order valence-corrected chi connectivity index (χ4v) is 2.53. The third-order valence-corrected chi connectivity index (χ3v) is 3.62. The summed E-state index contributed by atoms with van der Waals surface area (Å²) in [5, 5.41) is 6.15. The van der Waals surface area contributed by atoms with Gasteiger partial charge in [-0.25, -0.2) is 0 Å². The van der Waals surface area contributed by atoms with E-state index in [4.69, 9.17) is 0 Å². The van der Waals surface area contributed by atoms with E-state index < -0.39 is 0 Å². The quantitative estimate of drug-likeness (QED) is 0.864. The van der Waals surface area contributed by atoms with E-state index in [0.717, 1.165) is 17.6 Å². The number of nitrogens with one attached hydrogen (secondary N) is 1. The molecule has 2 aromatic carbocycles. The summed E-state index contributed by atoms with van der Waals surface area (Å²) in [7, 11) is 0. The van der Waals surface area contributed by atoms with Gasteiger partial charge >= 0.3 is 0 Å². The van der Waals surface area contributed by atoms with Gasteiger partial charge in [-0.15, -0.1) is 0 Å². The second kappa shape index (κ2) is 5.41. The molecule has 0 unspecified atom stereocenters. The Morgan fingerprint density at radius 1 is 1.00 bits per heavy atom. The van der Waals surface area contributed by atoms with Gasteiger partial charge in [0.15, 0.2) is 0 Å². The van der Waals surface area contributed by atoms with Crippen LogP contribution in [0.5, 0.6) is 0 Å². The molecule has 0 aromatic heterocycles. The maximum atomic E-state index is 3.61. The fourth-order valence-electron chi connectivity index (χ4n) is 2.05. The lowest BCUT2D eigenvalue weighted by Crippen LogP contribution is -2.26. The highest BCUT2D eigenvalue weighted by Crippen LogP contribution is 2.26. The van der Waals surface area contributed by atoms with Crippen LogP contribution in [0, 0.1) is 5.41 Å². The molecular formula is C16H20BrN. The van der Waals surface area contributed by atoms with Crippen LogP contribution in [0.4, 0.5) is 0 Å². The highest BCUT2D eigenvalue weighted by molar-refractivity contribution is 9.10. The van der Waals surface area contributed by atoms with Crippen LogP contribution in [0.1, 0.15) is 26.3 Å². The number of hydrogen-bond acceptors (Lipinski definition) is 1. The summed E-state index contributed by atoms with van der Waals surface area (Å²) in [6, 6.07) is 12.9. The van der Waals surface area contributed by atoms with Crippen molar-refractivity contribution in [2.45, 2.75) is 27.3 Å². The Kier molecular flexibility index (Phi) is 4.08. The van der Waals surface area contributed by atoms with E-state index in [-0.39, 0.29) is 0 Å². The predicted molar refractivity (Wildman–Crippen MR) is 82.8 cm³/mol. The molecule has 1 N–H and O–H groups in total. The van der Waals surface area contributed by atoms with E-state index in [1.807, 2.05) is 0 Å². The van der Waals surface area contributed by atoms with Gasteiger partial charge in [0.05, 0.1) is 0 Å². The van der Waals surface area contributed by atoms with Crippen LogP contribution in [0.3, 0.4) is 0 Å². The largest absolute Gasteiger partial charge is 0.312 e. The molecule has 0 spiro atoms. The van der Waals surface area contributed by atoms with Crippen molar-refractivity contribution in [2.24, 2.45) is 5.41 Å². The lowest BCUT2D eigenvalue weighted by Gasteiger charge is -2.19. The van der Waals surface area contributed by atoms with E-state index in [1.54, 1.807) is 0 Å². The van der Waals surface area contributed by atoms with Crippen LogP contribution >= 0.6 is 15.9 Å². The van der Waals surface area contributed by atoms with Crippen LogP contribution in [0.15, 0.2) is 40.9 Å². The van der Waals surface area contributed by atoms with E-state index in [1.165, 1.54) is 16.3 Å². The first-order chi connectivity index (χ1) is 8.47. The molecule has 0 heterocycles. The van der Waals surface area contributed by atoms with Crippen molar-refractivity contribution in [3.8, 4) is 0 Å². The third kappa shape index (κ3) is 3.33. The van der Waals surface area contributed by atoms with Crippen LogP contribution in [-0.4, -0.2) is 6.54 Å². The Morgan fingerprint density at radius 3 is 2.33 bits per heavy atom. The second-order valence-electron chi connectivity index (χ2n) is 5.92. The van der Waals surface area contributed by atoms with Crippen molar-refractivity contribution in [2.75, 3.05) is 6.54 Å². The summed E-state index contributed by atoms with van der Waals surface area (Å²) in [6.07, 6.45) is 0. The minimum absolute atomic E-state index is 0.325. The van der Waals surface area contributed by atoms with Gasteiger partial charge in [0.1, 0.15) is 0 Å². The first-order valence-electron chi connectivity index (χ1n) is 6.34. The molecule has 0 amide bonds. The van der Waals surface area contributed by atoms with Gasteiger partial charge in [0.25, 0.3) is 0 Å². The maximum absolute atomic E-state index is 3.61. The lowest BCUT2D eigenvalue weighted by atomic mass is 9.96. The molecule has 2 rings (SSSR count). The van der Waals surface area contributed by atoms with Crippen LogP contribution in [-0.2, 0) is 6.54 Å². The molecule has 1 nitrogen and oxygen atoms in total. The summed E-state index contributed by atoms with van der Waals surface area (Å²) in [5.41, 5.74) is 1.68. The van der Waals surface area contributed by atoms with Gasteiger partial charge in [-0.2, -0.15) is 0 Å². The Balaban J connectivity index is 2.21. The average Bonchev–Trinajstić information content (AvgIpc) is 2.31. The monoisotopic (exact) mass is 305 g/mol. The standard InChI is InChI=1S/C16H20BrN/c1-16(2,3)11-18-10-12-8-9-15(17)14-7-5-4-6-13(12)14/h4-9,18H,10-11H2,1-3H3. The molecule has 0 atom stereocenters. The topological polar surface area (TPSA) is 12.0 Å². The highest BCUT2D eigenvalue weighted by Gasteiger charge is 2.09. The summed E-state index contributed by atoms with van der Waals surface area (Å²) >= 11 is 3.61. The normalized spacial score (nSPS) is 12.0. The number of benzene rings is 2. The molecular weight excluding hydrogens is 286 g/mol. The average molecular weight is 306 g/mol. The molecule has 0 radical (unpaired) electrons.